The van der Waals surface area contributed by atoms with E-state index in [4.69, 9.17) is 14.2 Å². The third-order valence-corrected chi connectivity index (χ3v) is 4.73. The van der Waals surface area contributed by atoms with Crippen molar-refractivity contribution in [2.75, 3.05) is 13.2 Å². The molecular formula is C15H22O9. The fourth-order valence-electron chi connectivity index (χ4n) is 3.38. The van der Waals surface area contributed by atoms with E-state index in [9.17, 15) is 30.6 Å². The number of aliphatic hydroxyl groups is 6. The highest BCUT2D eigenvalue weighted by Crippen LogP contribution is 2.40. The van der Waals surface area contributed by atoms with Crippen LogP contribution < -0.4 is 0 Å². The molecule has 0 aromatic heterocycles. The van der Waals surface area contributed by atoms with Gasteiger partial charge in [-0.1, -0.05) is 6.08 Å². The highest BCUT2D eigenvalue weighted by Gasteiger charge is 2.49. The molecule has 1 saturated heterocycles. The lowest BCUT2D eigenvalue weighted by molar-refractivity contribution is -0.339. The Morgan fingerprint density at radius 3 is 2.42 bits per heavy atom. The second-order valence-electron chi connectivity index (χ2n) is 6.16. The summed E-state index contributed by atoms with van der Waals surface area (Å²) in [4.78, 5) is 0. The summed E-state index contributed by atoms with van der Waals surface area (Å²) in [5, 5.41) is 58.3. The van der Waals surface area contributed by atoms with Gasteiger partial charge < -0.3 is 44.8 Å². The van der Waals surface area contributed by atoms with Gasteiger partial charge in [-0.3, -0.25) is 0 Å². The first-order chi connectivity index (χ1) is 11.5. The SMILES string of the molecule is OCC1=C[C@H](O)[C@@H]2C=CO[C@H](O[C@@H]3O[C@H](CO)[C@@H](O)[C@H](O)[C@H]3O)[C@@H]12. The lowest BCUT2D eigenvalue weighted by Gasteiger charge is -2.42. The lowest BCUT2D eigenvalue weighted by atomic mass is 9.88. The van der Waals surface area contributed by atoms with E-state index < -0.39 is 55.6 Å². The van der Waals surface area contributed by atoms with E-state index in [1.54, 1.807) is 6.08 Å². The number of aliphatic hydroxyl groups excluding tert-OH is 6. The fraction of sp³-hybridized carbons (Fsp3) is 0.733. The third kappa shape index (κ3) is 2.98. The number of hydrogen-bond donors (Lipinski definition) is 6. The molecule has 2 aliphatic heterocycles. The molecule has 0 aromatic carbocycles. The zero-order valence-electron chi connectivity index (χ0n) is 12.8. The number of fused-ring (bicyclic) bond motifs is 1. The average Bonchev–Trinajstić information content (AvgIpc) is 2.92. The van der Waals surface area contributed by atoms with Gasteiger partial charge in [0.25, 0.3) is 0 Å². The van der Waals surface area contributed by atoms with Crippen LogP contribution in [0.2, 0.25) is 0 Å². The number of hydrogen-bond acceptors (Lipinski definition) is 9. The first-order valence-corrected chi connectivity index (χ1v) is 7.75. The summed E-state index contributed by atoms with van der Waals surface area (Å²) in [5.74, 6) is -0.835. The van der Waals surface area contributed by atoms with Crippen molar-refractivity contribution in [3.8, 4) is 0 Å². The largest absolute Gasteiger partial charge is 0.472 e. The molecule has 3 rings (SSSR count). The van der Waals surface area contributed by atoms with Crippen LogP contribution in [-0.2, 0) is 14.2 Å². The van der Waals surface area contributed by atoms with Crippen molar-refractivity contribution in [2.24, 2.45) is 11.8 Å². The molecule has 0 bridgehead atoms. The van der Waals surface area contributed by atoms with Gasteiger partial charge in [-0.2, -0.15) is 0 Å². The molecule has 3 aliphatic rings. The number of rotatable bonds is 4. The van der Waals surface area contributed by atoms with Crippen molar-refractivity contribution in [1.82, 2.24) is 0 Å². The molecule has 0 saturated carbocycles. The molecule has 0 spiro atoms. The molecule has 1 aliphatic carbocycles. The Kier molecular flexibility index (Phi) is 5.23. The van der Waals surface area contributed by atoms with Crippen LogP contribution >= 0.6 is 0 Å². The Hall–Kier alpha value is -1.04. The molecule has 0 amide bonds. The van der Waals surface area contributed by atoms with Gasteiger partial charge in [-0.15, -0.1) is 0 Å². The van der Waals surface area contributed by atoms with Crippen LogP contribution in [0.15, 0.2) is 24.0 Å². The summed E-state index contributed by atoms with van der Waals surface area (Å²) < 4.78 is 16.3. The smallest absolute Gasteiger partial charge is 0.209 e. The van der Waals surface area contributed by atoms with E-state index >= 15 is 0 Å². The molecule has 6 N–H and O–H groups in total. The Bertz CT molecular complexity index is 505. The minimum absolute atomic E-state index is 0.288. The molecule has 9 heteroatoms. The Balaban J connectivity index is 1.75. The maximum atomic E-state index is 10.0. The van der Waals surface area contributed by atoms with E-state index in [1.807, 2.05) is 0 Å². The van der Waals surface area contributed by atoms with Crippen molar-refractivity contribution < 1.29 is 44.8 Å². The molecule has 0 radical (unpaired) electrons. The van der Waals surface area contributed by atoms with E-state index in [1.165, 1.54) is 12.3 Å². The molecule has 9 nitrogen and oxygen atoms in total. The molecule has 9 atom stereocenters. The second kappa shape index (κ2) is 7.06. The highest BCUT2D eigenvalue weighted by molar-refractivity contribution is 5.25. The molecule has 2 heterocycles. The van der Waals surface area contributed by atoms with Crippen LogP contribution in [0.25, 0.3) is 0 Å². The van der Waals surface area contributed by atoms with Crippen molar-refractivity contribution in [3.63, 3.8) is 0 Å². The summed E-state index contributed by atoms with van der Waals surface area (Å²) >= 11 is 0. The summed E-state index contributed by atoms with van der Waals surface area (Å²) in [5.41, 5.74) is 0.534. The summed E-state index contributed by atoms with van der Waals surface area (Å²) in [6, 6.07) is 0. The van der Waals surface area contributed by atoms with Crippen molar-refractivity contribution >= 4 is 0 Å². The van der Waals surface area contributed by atoms with Gasteiger partial charge in [0.15, 0.2) is 6.29 Å². The van der Waals surface area contributed by atoms with Crippen LogP contribution in [0.1, 0.15) is 0 Å². The molecule has 0 aromatic rings. The topological polar surface area (TPSA) is 149 Å². The molecular weight excluding hydrogens is 324 g/mol. The second-order valence-corrected chi connectivity index (χ2v) is 6.16. The van der Waals surface area contributed by atoms with Crippen molar-refractivity contribution in [1.29, 1.82) is 0 Å². The van der Waals surface area contributed by atoms with E-state index in [0.29, 0.717) is 5.57 Å². The quantitative estimate of drug-likeness (QED) is 0.297. The van der Waals surface area contributed by atoms with Gasteiger partial charge >= 0.3 is 0 Å². The predicted molar refractivity (Wildman–Crippen MR) is 77.0 cm³/mol. The van der Waals surface area contributed by atoms with Gasteiger partial charge in [0.05, 0.1) is 31.5 Å². The summed E-state index contributed by atoms with van der Waals surface area (Å²) in [6.45, 7) is -0.854. The normalized spacial score (nSPS) is 47.9. The van der Waals surface area contributed by atoms with Gasteiger partial charge in [-0.05, 0) is 11.6 Å². The van der Waals surface area contributed by atoms with Gasteiger partial charge in [0.2, 0.25) is 6.29 Å². The Morgan fingerprint density at radius 1 is 1.00 bits per heavy atom. The monoisotopic (exact) mass is 346 g/mol. The molecule has 1 fully saturated rings. The molecule has 136 valence electrons. The van der Waals surface area contributed by atoms with Gasteiger partial charge in [-0.25, -0.2) is 0 Å². The fourth-order valence-corrected chi connectivity index (χ4v) is 3.38. The van der Waals surface area contributed by atoms with Crippen LogP contribution in [-0.4, -0.2) is 87.0 Å². The minimum atomic E-state index is -1.56. The first kappa shape index (κ1) is 17.8. The van der Waals surface area contributed by atoms with E-state index in [0.717, 1.165) is 0 Å². The molecule has 24 heavy (non-hydrogen) atoms. The van der Waals surface area contributed by atoms with Gasteiger partial charge in [0.1, 0.15) is 24.4 Å². The average molecular weight is 346 g/mol. The predicted octanol–water partition coefficient (Wildman–Crippen LogP) is -2.80. The van der Waals surface area contributed by atoms with Crippen molar-refractivity contribution in [3.05, 3.63) is 24.0 Å². The van der Waals surface area contributed by atoms with E-state index in [2.05, 4.69) is 0 Å². The lowest BCUT2D eigenvalue weighted by Crippen LogP contribution is -2.60. The van der Waals surface area contributed by atoms with Crippen LogP contribution in [0.5, 0.6) is 0 Å². The minimum Gasteiger partial charge on any atom is -0.472 e. The summed E-state index contributed by atoms with van der Waals surface area (Å²) in [6.07, 6.45) is -4.27. The van der Waals surface area contributed by atoms with Crippen LogP contribution in [0, 0.1) is 11.8 Å². The first-order valence-electron chi connectivity index (χ1n) is 7.75. The standard InChI is InChI=1S/C15H22O9/c16-4-6-3-8(18)7-1-2-22-14(10(6)7)24-15-13(21)12(20)11(19)9(5-17)23-15/h1-3,7-21H,4-5H2/t7-,8-,9+,10-,11+,12-,13+,14+,15-/m0/s1. The number of ether oxygens (including phenoxy) is 3. The Labute approximate surface area is 138 Å². The van der Waals surface area contributed by atoms with Crippen LogP contribution in [0.4, 0.5) is 0 Å². The highest BCUT2D eigenvalue weighted by atomic mass is 16.8. The maximum Gasteiger partial charge on any atom is 0.209 e. The third-order valence-electron chi connectivity index (χ3n) is 4.73. The Morgan fingerprint density at radius 2 is 1.75 bits per heavy atom. The zero-order valence-corrected chi connectivity index (χ0v) is 12.8. The van der Waals surface area contributed by atoms with Crippen LogP contribution in [0.3, 0.4) is 0 Å². The van der Waals surface area contributed by atoms with E-state index in [-0.39, 0.29) is 12.5 Å². The van der Waals surface area contributed by atoms with Crippen molar-refractivity contribution in [2.45, 2.75) is 43.1 Å². The maximum absolute atomic E-state index is 10.0. The zero-order chi connectivity index (χ0) is 17.4. The molecule has 0 unspecified atom stereocenters. The van der Waals surface area contributed by atoms with Gasteiger partial charge in [0, 0.05) is 5.92 Å². The summed E-state index contributed by atoms with van der Waals surface area (Å²) in [7, 11) is 0.